The maximum atomic E-state index is 12.0. The molecule has 1 heterocycles. The Morgan fingerprint density at radius 1 is 1.45 bits per heavy atom. The number of sulfonamides is 1. The van der Waals surface area contributed by atoms with E-state index in [4.69, 9.17) is 0 Å². The van der Waals surface area contributed by atoms with Crippen molar-refractivity contribution in [3.05, 3.63) is 23.8 Å². The highest BCUT2D eigenvalue weighted by molar-refractivity contribution is 7.94. The summed E-state index contributed by atoms with van der Waals surface area (Å²) in [5, 5.41) is 2.00. The Labute approximate surface area is 118 Å². The van der Waals surface area contributed by atoms with Gasteiger partial charge in [0, 0.05) is 17.9 Å². The second-order valence-electron chi connectivity index (χ2n) is 4.71. The maximum absolute atomic E-state index is 12.0. The highest BCUT2D eigenvalue weighted by atomic mass is 32.2. The van der Waals surface area contributed by atoms with Crippen molar-refractivity contribution in [3.63, 3.8) is 0 Å². The van der Waals surface area contributed by atoms with Gasteiger partial charge in [-0.25, -0.2) is 8.42 Å². The lowest BCUT2D eigenvalue weighted by atomic mass is 10.0. The molecule has 0 amide bonds. The van der Waals surface area contributed by atoms with Gasteiger partial charge in [0.15, 0.2) is 5.25 Å². The number of benzene rings is 1. The van der Waals surface area contributed by atoms with E-state index in [1.54, 1.807) is 12.1 Å². The number of aryl methyl sites for hydroxylation is 1. The van der Waals surface area contributed by atoms with Crippen LogP contribution < -0.4 is 10.0 Å². The summed E-state index contributed by atoms with van der Waals surface area (Å²) in [4.78, 5) is 11.3. The first-order valence-corrected chi connectivity index (χ1v) is 7.95. The van der Waals surface area contributed by atoms with Crippen molar-refractivity contribution in [2.24, 2.45) is 0 Å². The summed E-state index contributed by atoms with van der Waals surface area (Å²) in [6, 6.07) is 5.32. The number of anilines is 2. The van der Waals surface area contributed by atoms with Crippen molar-refractivity contribution >= 4 is 27.4 Å². The first kappa shape index (κ1) is 14.6. The van der Waals surface area contributed by atoms with Crippen molar-refractivity contribution in [2.75, 3.05) is 23.7 Å². The van der Waals surface area contributed by atoms with E-state index in [-0.39, 0.29) is 0 Å². The van der Waals surface area contributed by atoms with Crippen LogP contribution in [0.3, 0.4) is 0 Å². The third-order valence-corrected chi connectivity index (χ3v) is 4.95. The van der Waals surface area contributed by atoms with Crippen LogP contribution in [0.5, 0.6) is 0 Å². The number of methoxy groups -OCH3 is 1. The molecule has 1 unspecified atom stereocenters. The molecule has 1 aromatic rings. The summed E-state index contributed by atoms with van der Waals surface area (Å²) >= 11 is 0. The molecule has 0 saturated carbocycles. The first-order chi connectivity index (χ1) is 9.44. The molecule has 7 heteroatoms. The van der Waals surface area contributed by atoms with Gasteiger partial charge in [-0.1, -0.05) is 0 Å². The summed E-state index contributed by atoms with van der Waals surface area (Å²) in [7, 11) is -2.63. The Hall–Kier alpha value is -1.76. The van der Waals surface area contributed by atoms with E-state index >= 15 is 0 Å². The SMILES string of the molecule is COC(=O)C(C)S(=O)(=O)Nc1ccc2c(c1)CCCN2. The summed E-state index contributed by atoms with van der Waals surface area (Å²) in [6.45, 7) is 2.23. The molecule has 2 rings (SSSR count). The van der Waals surface area contributed by atoms with Gasteiger partial charge in [-0.05, 0) is 43.5 Å². The Morgan fingerprint density at radius 2 is 2.20 bits per heavy atom. The van der Waals surface area contributed by atoms with Gasteiger partial charge in [0.1, 0.15) is 0 Å². The van der Waals surface area contributed by atoms with E-state index in [9.17, 15) is 13.2 Å². The van der Waals surface area contributed by atoms with Crippen molar-refractivity contribution < 1.29 is 17.9 Å². The number of hydrogen-bond donors (Lipinski definition) is 2. The van der Waals surface area contributed by atoms with Gasteiger partial charge in [0.2, 0.25) is 10.0 Å². The van der Waals surface area contributed by atoms with Crippen LogP contribution in [0, 0.1) is 0 Å². The maximum Gasteiger partial charge on any atom is 0.325 e. The second kappa shape index (κ2) is 5.70. The molecule has 2 N–H and O–H groups in total. The van der Waals surface area contributed by atoms with Crippen LogP contribution in [0.25, 0.3) is 0 Å². The largest absolute Gasteiger partial charge is 0.468 e. The molecular weight excluding hydrogens is 280 g/mol. The number of nitrogens with one attached hydrogen (secondary N) is 2. The van der Waals surface area contributed by atoms with Gasteiger partial charge in [-0.2, -0.15) is 0 Å². The van der Waals surface area contributed by atoms with Crippen molar-refractivity contribution in [3.8, 4) is 0 Å². The average molecular weight is 298 g/mol. The van der Waals surface area contributed by atoms with E-state index in [1.165, 1.54) is 14.0 Å². The van der Waals surface area contributed by atoms with Gasteiger partial charge >= 0.3 is 5.97 Å². The lowest BCUT2D eigenvalue weighted by Gasteiger charge is -2.19. The summed E-state index contributed by atoms with van der Waals surface area (Å²) in [5.41, 5.74) is 2.56. The molecule has 6 nitrogen and oxygen atoms in total. The van der Waals surface area contributed by atoms with Gasteiger partial charge in [-0.3, -0.25) is 9.52 Å². The van der Waals surface area contributed by atoms with Crippen molar-refractivity contribution in [1.82, 2.24) is 0 Å². The van der Waals surface area contributed by atoms with Crippen molar-refractivity contribution in [2.45, 2.75) is 25.0 Å². The summed E-state index contributed by atoms with van der Waals surface area (Å²) in [6.07, 6.45) is 1.92. The highest BCUT2D eigenvalue weighted by Gasteiger charge is 2.29. The van der Waals surface area contributed by atoms with Gasteiger partial charge in [-0.15, -0.1) is 0 Å². The van der Waals surface area contributed by atoms with E-state index in [1.807, 2.05) is 6.07 Å². The molecule has 0 bridgehead atoms. The lowest BCUT2D eigenvalue weighted by molar-refractivity contribution is -0.139. The molecule has 0 spiro atoms. The fourth-order valence-corrected chi connectivity index (χ4v) is 3.07. The number of hydrogen-bond acceptors (Lipinski definition) is 5. The normalized spacial score (nSPS) is 15.7. The van der Waals surface area contributed by atoms with E-state index in [0.29, 0.717) is 5.69 Å². The minimum atomic E-state index is -3.80. The molecule has 0 fully saturated rings. The third kappa shape index (κ3) is 3.04. The predicted molar refractivity (Wildman–Crippen MR) is 77.3 cm³/mol. The fraction of sp³-hybridized carbons (Fsp3) is 0.462. The molecule has 0 saturated heterocycles. The zero-order valence-electron chi connectivity index (χ0n) is 11.5. The van der Waals surface area contributed by atoms with E-state index in [0.717, 1.165) is 30.6 Å². The summed E-state index contributed by atoms with van der Waals surface area (Å²) in [5.74, 6) is -0.780. The molecule has 110 valence electrons. The number of ether oxygens (including phenoxy) is 1. The Kier molecular flexibility index (Phi) is 4.17. The molecule has 20 heavy (non-hydrogen) atoms. The van der Waals surface area contributed by atoms with E-state index < -0.39 is 21.2 Å². The first-order valence-electron chi connectivity index (χ1n) is 6.40. The minimum Gasteiger partial charge on any atom is -0.468 e. The van der Waals surface area contributed by atoms with Gasteiger partial charge in [0.25, 0.3) is 0 Å². The third-order valence-electron chi connectivity index (χ3n) is 3.30. The number of fused-ring (bicyclic) bond motifs is 1. The topological polar surface area (TPSA) is 84.5 Å². The molecule has 1 aromatic carbocycles. The van der Waals surface area contributed by atoms with Crippen molar-refractivity contribution in [1.29, 1.82) is 0 Å². The Balaban J connectivity index is 2.19. The molecule has 0 radical (unpaired) electrons. The smallest absolute Gasteiger partial charge is 0.325 e. The molecular formula is C13H18N2O4S. The zero-order valence-corrected chi connectivity index (χ0v) is 12.3. The summed E-state index contributed by atoms with van der Waals surface area (Å²) < 4.78 is 31.0. The predicted octanol–water partition coefficient (Wildman–Crippen LogP) is 1.35. The van der Waals surface area contributed by atoms with Gasteiger partial charge in [0.05, 0.1) is 7.11 Å². The van der Waals surface area contributed by atoms with Crippen LogP contribution in [-0.2, 0) is 26.0 Å². The number of carbonyl (C=O) groups excluding carboxylic acids is 1. The van der Waals surface area contributed by atoms with Crippen LogP contribution >= 0.6 is 0 Å². The number of rotatable bonds is 4. The second-order valence-corrected chi connectivity index (χ2v) is 6.72. The zero-order chi connectivity index (χ0) is 14.8. The van der Waals surface area contributed by atoms with Crippen LogP contribution in [0.15, 0.2) is 18.2 Å². The Morgan fingerprint density at radius 3 is 2.90 bits per heavy atom. The molecule has 0 aliphatic carbocycles. The fourth-order valence-electron chi connectivity index (χ4n) is 2.08. The van der Waals surface area contributed by atoms with Crippen LogP contribution in [-0.4, -0.2) is 33.3 Å². The highest BCUT2D eigenvalue weighted by Crippen LogP contribution is 2.26. The van der Waals surface area contributed by atoms with Crippen LogP contribution in [0.1, 0.15) is 18.9 Å². The van der Waals surface area contributed by atoms with Crippen LogP contribution in [0.2, 0.25) is 0 Å². The number of carbonyl (C=O) groups is 1. The quantitative estimate of drug-likeness (QED) is 0.820. The molecule has 1 aliphatic heterocycles. The lowest BCUT2D eigenvalue weighted by Crippen LogP contribution is -2.33. The van der Waals surface area contributed by atoms with Gasteiger partial charge < -0.3 is 10.1 Å². The Bertz CT molecular complexity index is 613. The number of esters is 1. The van der Waals surface area contributed by atoms with Crippen LogP contribution in [0.4, 0.5) is 11.4 Å². The minimum absolute atomic E-state index is 0.461. The monoisotopic (exact) mass is 298 g/mol. The molecule has 1 aliphatic rings. The average Bonchev–Trinajstić information content (AvgIpc) is 2.45. The molecule has 1 atom stereocenters. The standard InChI is InChI=1S/C13H18N2O4S/c1-9(13(16)19-2)20(17,18)15-11-5-6-12-10(8-11)4-3-7-14-12/h5-6,8-9,14-15H,3-4,7H2,1-2H3. The molecule has 0 aromatic heterocycles. The van der Waals surface area contributed by atoms with E-state index in [2.05, 4.69) is 14.8 Å².